The van der Waals surface area contributed by atoms with Crippen molar-refractivity contribution in [3.05, 3.63) is 48.0 Å². The maximum absolute atomic E-state index is 13.3. The lowest BCUT2D eigenvalue weighted by Crippen LogP contribution is -2.49. The van der Waals surface area contributed by atoms with Gasteiger partial charge in [0.1, 0.15) is 5.82 Å². The second-order valence-corrected chi connectivity index (χ2v) is 7.95. The van der Waals surface area contributed by atoms with Crippen LogP contribution in [0.5, 0.6) is 0 Å². The number of piperidine rings is 1. The minimum absolute atomic E-state index is 0.0792. The highest BCUT2D eigenvalue weighted by Gasteiger charge is 2.31. The van der Waals surface area contributed by atoms with Crippen molar-refractivity contribution in [3.63, 3.8) is 0 Å². The Morgan fingerprint density at radius 3 is 2.38 bits per heavy atom. The molecule has 0 N–H and O–H groups in total. The standard InChI is InChI=1S/C23H28N4O5/c1-2-31-23(30)17-7-10-26(11-8-17)21(28)18-5-3-9-24-20(18)25-12-14-27(15-13-25)22(29)19-6-4-16-32-19/h3-6,9,16-17H,2,7-8,10-15H2,1H3. The Balaban J connectivity index is 1.39. The molecule has 0 spiro atoms. The van der Waals surface area contributed by atoms with E-state index in [9.17, 15) is 14.4 Å². The molecule has 0 radical (unpaired) electrons. The monoisotopic (exact) mass is 440 g/mol. The Hall–Kier alpha value is -3.36. The van der Waals surface area contributed by atoms with Crippen LogP contribution < -0.4 is 4.90 Å². The summed E-state index contributed by atoms with van der Waals surface area (Å²) >= 11 is 0. The van der Waals surface area contributed by atoms with Crippen LogP contribution in [0, 0.1) is 5.92 Å². The molecule has 2 fully saturated rings. The van der Waals surface area contributed by atoms with Crippen molar-refractivity contribution < 1.29 is 23.5 Å². The van der Waals surface area contributed by atoms with Gasteiger partial charge in [-0.25, -0.2) is 4.98 Å². The Labute approximate surface area is 186 Å². The fourth-order valence-corrected chi connectivity index (χ4v) is 4.24. The molecule has 9 nitrogen and oxygen atoms in total. The van der Waals surface area contributed by atoms with E-state index in [1.165, 1.54) is 6.26 Å². The van der Waals surface area contributed by atoms with E-state index in [0.717, 1.165) is 0 Å². The summed E-state index contributed by atoms with van der Waals surface area (Å²) in [4.78, 5) is 47.8. The van der Waals surface area contributed by atoms with Crippen LogP contribution in [0.15, 0.2) is 41.1 Å². The first-order valence-electron chi connectivity index (χ1n) is 11.1. The van der Waals surface area contributed by atoms with E-state index in [-0.39, 0.29) is 23.7 Å². The summed E-state index contributed by atoms with van der Waals surface area (Å²) in [5.74, 6) is 0.435. The van der Waals surface area contributed by atoms with Crippen LogP contribution in [-0.4, -0.2) is 78.4 Å². The van der Waals surface area contributed by atoms with Gasteiger partial charge in [-0.1, -0.05) is 0 Å². The lowest BCUT2D eigenvalue weighted by molar-refractivity contribution is -0.149. The Morgan fingerprint density at radius 1 is 1.00 bits per heavy atom. The molecule has 9 heteroatoms. The topological polar surface area (TPSA) is 96.2 Å². The molecule has 0 saturated carbocycles. The molecule has 2 aromatic heterocycles. The summed E-state index contributed by atoms with van der Waals surface area (Å²) in [7, 11) is 0. The van der Waals surface area contributed by atoms with Gasteiger partial charge in [-0.2, -0.15) is 0 Å². The Kier molecular flexibility index (Phi) is 6.72. The number of esters is 1. The molecule has 0 unspecified atom stereocenters. The minimum atomic E-state index is -0.177. The van der Waals surface area contributed by atoms with Crippen molar-refractivity contribution in [1.29, 1.82) is 0 Å². The molecule has 0 aliphatic carbocycles. The number of hydrogen-bond donors (Lipinski definition) is 0. The van der Waals surface area contributed by atoms with E-state index in [1.807, 2.05) is 4.90 Å². The van der Waals surface area contributed by atoms with Crippen LogP contribution in [0.25, 0.3) is 0 Å². The molecule has 4 heterocycles. The highest BCUT2D eigenvalue weighted by atomic mass is 16.5. The van der Waals surface area contributed by atoms with Gasteiger partial charge in [-0.05, 0) is 44.0 Å². The van der Waals surface area contributed by atoms with Gasteiger partial charge in [0, 0.05) is 45.5 Å². The molecule has 32 heavy (non-hydrogen) atoms. The van der Waals surface area contributed by atoms with Gasteiger partial charge in [0.05, 0.1) is 24.4 Å². The lowest BCUT2D eigenvalue weighted by atomic mass is 9.96. The molecule has 2 aliphatic heterocycles. The third-order valence-corrected chi connectivity index (χ3v) is 6.02. The second-order valence-electron chi connectivity index (χ2n) is 7.95. The van der Waals surface area contributed by atoms with Crippen molar-refractivity contribution in [2.75, 3.05) is 50.8 Å². The molecule has 2 aromatic rings. The molecule has 0 bridgehead atoms. The number of pyridine rings is 1. The van der Waals surface area contributed by atoms with Crippen molar-refractivity contribution in [1.82, 2.24) is 14.8 Å². The van der Waals surface area contributed by atoms with Crippen molar-refractivity contribution in [3.8, 4) is 0 Å². The molecule has 2 saturated heterocycles. The normalized spacial score (nSPS) is 17.3. The van der Waals surface area contributed by atoms with Gasteiger partial charge in [0.2, 0.25) is 0 Å². The van der Waals surface area contributed by atoms with Crippen molar-refractivity contribution in [2.24, 2.45) is 5.92 Å². The van der Waals surface area contributed by atoms with Gasteiger partial charge in [-0.3, -0.25) is 14.4 Å². The first kappa shape index (κ1) is 21.9. The predicted octanol–water partition coefficient (Wildman–Crippen LogP) is 2.05. The van der Waals surface area contributed by atoms with Crippen LogP contribution in [0.2, 0.25) is 0 Å². The van der Waals surface area contributed by atoms with E-state index in [1.54, 1.807) is 47.2 Å². The first-order valence-corrected chi connectivity index (χ1v) is 11.1. The molecular weight excluding hydrogens is 412 g/mol. The van der Waals surface area contributed by atoms with Crippen LogP contribution in [0.3, 0.4) is 0 Å². The fraction of sp³-hybridized carbons (Fsp3) is 0.478. The number of hydrogen-bond acceptors (Lipinski definition) is 7. The summed E-state index contributed by atoms with van der Waals surface area (Å²) < 4.78 is 10.3. The average Bonchev–Trinajstić information content (AvgIpc) is 3.39. The van der Waals surface area contributed by atoms with Crippen molar-refractivity contribution >= 4 is 23.6 Å². The molecule has 4 rings (SSSR count). The first-order chi connectivity index (χ1) is 15.6. The summed E-state index contributed by atoms with van der Waals surface area (Å²) in [5.41, 5.74) is 0.549. The van der Waals surface area contributed by atoms with E-state index in [0.29, 0.717) is 75.9 Å². The highest BCUT2D eigenvalue weighted by Crippen LogP contribution is 2.25. The lowest BCUT2D eigenvalue weighted by Gasteiger charge is -2.36. The number of aromatic nitrogens is 1. The molecule has 0 atom stereocenters. The fourth-order valence-electron chi connectivity index (χ4n) is 4.24. The Bertz CT molecular complexity index is 945. The van der Waals surface area contributed by atoms with Gasteiger partial charge >= 0.3 is 5.97 Å². The quantitative estimate of drug-likeness (QED) is 0.657. The zero-order valence-corrected chi connectivity index (χ0v) is 18.2. The maximum atomic E-state index is 13.3. The minimum Gasteiger partial charge on any atom is -0.466 e. The van der Waals surface area contributed by atoms with Gasteiger partial charge in [-0.15, -0.1) is 0 Å². The highest BCUT2D eigenvalue weighted by molar-refractivity contribution is 5.99. The summed E-state index contributed by atoms with van der Waals surface area (Å²) in [5, 5.41) is 0. The van der Waals surface area contributed by atoms with E-state index < -0.39 is 0 Å². The van der Waals surface area contributed by atoms with Gasteiger partial charge in [0.15, 0.2) is 5.76 Å². The van der Waals surface area contributed by atoms with Crippen LogP contribution in [-0.2, 0) is 9.53 Å². The number of amides is 2. The number of piperazine rings is 1. The third-order valence-electron chi connectivity index (χ3n) is 6.02. The second kappa shape index (κ2) is 9.84. The SMILES string of the molecule is CCOC(=O)C1CCN(C(=O)c2cccnc2N2CCN(C(=O)c3ccco3)CC2)CC1. The molecule has 2 amide bonds. The van der Waals surface area contributed by atoms with Crippen molar-refractivity contribution in [2.45, 2.75) is 19.8 Å². The van der Waals surface area contributed by atoms with Gasteiger partial charge in [0.25, 0.3) is 11.8 Å². The zero-order chi connectivity index (χ0) is 22.5. The number of carbonyl (C=O) groups is 3. The maximum Gasteiger partial charge on any atom is 0.309 e. The van der Waals surface area contributed by atoms with Crippen LogP contribution >= 0.6 is 0 Å². The molecular formula is C23H28N4O5. The summed E-state index contributed by atoms with van der Waals surface area (Å²) in [6.07, 6.45) is 4.38. The predicted molar refractivity (Wildman–Crippen MR) is 116 cm³/mol. The number of rotatable bonds is 5. The van der Waals surface area contributed by atoms with Crippen LogP contribution in [0.4, 0.5) is 5.82 Å². The van der Waals surface area contributed by atoms with Gasteiger partial charge < -0.3 is 23.9 Å². The molecule has 170 valence electrons. The third kappa shape index (κ3) is 4.61. The number of furan rings is 1. The average molecular weight is 441 g/mol. The zero-order valence-electron chi connectivity index (χ0n) is 18.2. The number of carbonyl (C=O) groups excluding carboxylic acids is 3. The summed E-state index contributed by atoms with van der Waals surface area (Å²) in [6.45, 7) is 5.40. The van der Waals surface area contributed by atoms with Crippen LogP contribution in [0.1, 0.15) is 40.7 Å². The van der Waals surface area contributed by atoms with E-state index in [2.05, 4.69) is 4.98 Å². The van der Waals surface area contributed by atoms with E-state index in [4.69, 9.17) is 9.15 Å². The summed E-state index contributed by atoms with van der Waals surface area (Å²) in [6, 6.07) is 6.92. The van der Waals surface area contributed by atoms with E-state index >= 15 is 0 Å². The number of likely N-dealkylation sites (tertiary alicyclic amines) is 1. The number of ether oxygens (including phenoxy) is 1. The smallest absolute Gasteiger partial charge is 0.309 e. The molecule has 2 aliphatic rings. The number of nitrogens with zero attached hydrogens (tertiary/aromatic N) is 4. The Morgan fingerprint density at radius 2 is 1.72 bits per heavy atom. The molecule has 0 aromatic carbocycles. The largest absolute Gasteiger partial charge is 0.466 e. The number of anilines is 1.